The summed E-state index contributed by atoms with van der Waals surface area (Å²) < 4.78 is 66.0. The molecule has 0 saturated carbocycles. The molecule has 10 heteroatoms. The fourth-order valence-corrected chi connectivity index (χ4v) is 5.25. The van der Waals surface area contributed by atoms with Gasteiger partial charge in [-0.15, -0.1) is 0 Å². The molecule has 0 aliphatic carbocycles. The van der Waals surface area contributed by atoms with Crippen LogP contribution in [0.25, 0.3) is 11.1 Å². The van der Waals surface area contributed by atoms with E-state index in [2.05, 4.69) is 0 Å². The van der Waals surface area contributed by atoms with Crippen LogP contribution in [0.15, 0.2) is 60.7 Å². The summed E-state index contributed by atoms with van der Waals surface area (Å²) in [5, 5.41) is 5.26. The second-order valence-corrected chi connectivity index (χ2v) is 11.4. The van der Waals surface area contributed by atoms with Crippen molar-refractivity contribution in [3.63, 3.8) is 0 Å². The molecule has 3 aromatic rings. The van der Waals surface area contributed by atoms with Gasteiger partial charge >= 0.3 is 12.6 Å². The Morgan fingerprint density at radius 1 is 1.08 bits per heavy atom. The zero-order valence-corrected chi connectivity index (χ0v) is 22.1. The standard InChI is InChI=1S/C28H29F2NO6S/c1-4-35-26(32)28(2,3)15-17-8-11-19(12-9-17)25-21-14-18(16-38(31,33)34)10-13-20(21)24-22(36-25)6-5-7-23(24)37-27(29)30/h5-14,25,27H,4,15-16H2,1-3H3,(H2,31,33,34). The summed E-state index contributed by atoms with van der Waals surface area (Å²) in [4.78, 5) is 12.3. The number of fused-ring (bicyclic) bond motifs is 3. The highest BCUT2D eigenvalue weighted by Crippen LogP contribution is 2.49. The molecular formula is C28H29F2NO6S. The number of hydrogen-bond acceptors (Lipinski definition) is 6. The Kier molecular flexibility index (Phi) is 7.75. The van der Waals surface area contributed by atoms with Gasteiger partial charge in [0.2, 0.25) is 10.0 Å². The van der Waals surface area contributed by atoms with Crippen molar-refractivity contribution < 1.29 is 36.2 Å². The molecule has 0 aromatic heterocycles. The Bertz CT molecular complexity index is 1440. The van der Waals surface area contributed by atoms with Crippen molar-refractivity contribution in [2.24, 2.45) is 10.6 Å². The number of rotatable bonds is 9. The number of sulfonamides is 1. The quantitative estimate of drug-likeness (QED) is 0.363. The lowest BCUT2D eigenvalue weighted by molar-refractivity contribution is -0.153. The summed E-state index contributed by atoms with van der Waals surface area (Å²) in [7, 11) is -3.81. The first kappa shape index (κ1) is 27.5. The molecule has 0 spiro atoms. The van der Waals surface area contributed by atoms with E-state index in [1.165, 1.54) is 6.07 Å². The van der Waals surface area contributed by atoms with Gasteiger partial charge in [-0.05, 0) is 61.6 Å². The van der Waals surface area contributed by atoms with Crippen LogP contribution in [-0.2, 0) is 31.7 Å². The molecule has 202 valence electrons. The number of primary sulfonamides is 1. The molecule has 0 bridgehead atoms. The number of benzene rings is 3. The van der Waals surface area contributed by atoms with E-state index in [0.29, 0.717) is 41.0 Å². The van der Waals surface area contributed by atoms with Crippen molar-refractivity contribution in [1.29, 1.82) is 0 Å². The largest absolute Gasteiger partial charge is 0.480 e. The van der Waals surface area contributed by atoms with E-state index in [0.717, 1.165) is 11.1 Å². The van der Waals surface area contributed by atoms with Crippen molar-refractivity contribution in [2.45, 2.75) is 45.7 Å². The van der Waals surface area contributed by atoms with Crippen molar-refractivity contribution in [1.82, 2.24) is 0 Å². The van der Waals surface area contributed by atoms with E-state index >= 15 is 0 Å². The maximum absolute atomic E-state index is 13.1. The highest BCUT2D eigenvalue weighted by Gasteiger charge is 2.32. The second kappa shape index (κ2) is 10.7. The molecule has 0 radical (unpaired) electrons. The molecule has 1 unspecified atom stereocenters. The van der Waals surface area contributed by atoms with Crippen LogP contribution in [0.3, 0.4) is 0 Å². The molecule has 3 aromatic carbocycles. The maximum Gasteiger partial charge on any atom is 0.387 e. The Morgan fingerprint density at radius 2 is 1.76 bits per heavy atom. The molecule has 7 nitrogen and oxygen atoms in total. The van der Waals surface area contributed by atoms with E-state index in [9.17, 15) is 22.0 Å². The van der Waals surface area contributed by atoms with E-state index in [4.69, 9.17) is 19.3 Å². The summed E-state index contributed by atoms with van der Waals surface area (Å²) in [5.41, 5.74) is 2.91. The molecule has 0 fully saturated rings. The number of carbonyl (C=O) groups is 1. The van der Waals surface area contributed by atoms with Crippen LogP contribution in [-0.4, -0.2) is 27.6 Å². The molecular weight excluding hydrogens is 516 g/mol. The smallest absolute Gasteiger partial charge is 0.387 e. The first-order chi connectivity index (χ1) is 17.9. The molecule has 0 saturated heterocycles. The third-order valence-corrected chi connectivity index (χ3v) is 6.98. The fourth-order valence-electron chi connectivity index (χ4n) is 4.61. The van der Waals surface area contributed by atoms with Gasteiger partial charge in [0.1, 0.15) is 17.6 Å². The van der Waals surface area contributed by atoms with Gasteiger partial charge in [0.25, 0.3) is 0 Å². The lowest BCUT2D eigenvalue weighted by atomic mass is 9.84. The van der Waals surface area contributed by atoms with Gasteiger partial charge in [-0.3, -0.25) is 4.79 Å². The molecule has 1 heterocycles. The van der Waals surface area contributed by atoms with E-state index in [-0.39, 0.29) is 11.7 Å². The average Bonchev–Trinajstić information content (AvgIpc) is 2.82. The number of carbonyl (C=O) groups excluding carboxylic acids is 1. The van der Waals surface area contributed by atoms with Crippen LogP contribution in [0, 0.1) is 5.41 Å². The monoisotopic (exact) mass is 545 g/mol. The summed E-state index contributed by atoms with van der Waals surface area (Å²) in [6, 6.07) is 17.1. The van der Waals surface area contributed by atoms with Gasteiger partial charge < -0.3 is 14.2 Å². The molecule has 2 N–H and O–H groups in total. The van der Waals surface area contributed by atoms with Crippen molar-refractivity contribution in [3.8, 4) is 22.6 Å². The Labute approximate surface area is 220 Å². The highest BCUT2D eigenvalue weighted by molar-refractivity contribution is 7.88. The fraction of sp³-hybridized carbons (Fsp3) is 0.321. The van der Waals surface area contributed by atoms with Gasteiger partial charge in [-0.2, -0.15) is 8.78 Å². The van der Waals surface area contributed by atoms with E-state index in [1.807, 2.05) is 38.1 Å². The Balaban J connectivity index is 1.74. The van der Waals surface area contributed by atoms with E-state index in [1.54, 1.807) is 37.3 Å². The Morgan fingerprint density at radius 3 is 2.39 bits per heavy atom. The lowest BCUT2D eigenvalue weighted by Gasteiger charge is -2.31. The SMILES string of the molecule is CCOC(=O)C(C)(C)Cc1ccc(C2Oc3cccc(OC(F)F)c3-c3ccc(CS(N)(=O)=O)cc32)cc1. The summed E-state index contributed by atoms with van der Waals surface area (Å²) >= 11 is 0. The van der Waals surface area contributed by atoms with Crippen LogP contribution >= 0.6 is 0 Å². The van der Waals surface area contributed by atoms with E-state index < -0.39 is 33.9 Å². The first-order valence-electron chi connectivity index (χ1n) is 12.0. The van der Waals surface area contributed by atoms with Crippen LogP contribution < -0.4 is 14.6 Å². The highest BCUT2D eigenvalue weighted by atomic mass is 32.2. The first-order valence-corrected chi connectivity index (χ1v) is 13.7. The van der Waals surface area contributed by atoms with Crippen LogP contribution in [0.5, 0.6) is 11.5 Å². The number of esters is 1. The summed E-state index contributed by atoms with van der Waals surface area (Å²) in [5.74, 6) is -0.369. The Hall–Kier alpha value is -3.50. The molecule has 1 aliphatic rings. The zero-order chi connectivity index (χ0) is 27.7. The van der Waals surface area contributed by atoms with Crippen molar-refractivity contribution in [3.05, 3.63) is 82.9 Å². The van der Waals surface area contributed by atoms with Crippen molar-refractivity contribution in [2.75, 3.05) is 6.61 Å². The van der Waals surface area contributed by atoms with Gasteiger partial charge in [0.05, 0.1) is 23.3 Å². The topological polar surface area (TPSA) is 105 Å². The minimum atomic E-state index is -3.81. The van der Waals surface area contributed by atoms with Crippen molar-refractivity contribution >= 4 is 16.0 Å². The zero-order valence-electron chi connectivity index (χ0n) is 21.2. The lowest BCUT2D eigenvalue weighted by Crippen LogP contribution is -2.29. The number of halogens is 2. The molecule has 4 rings (SSSR count). The van der Waals surface area contributed by atoms with Gasteiger partial charge in [-0.1, -0.05) is 48.5 Å². The molecule has 38 heavy (non-hydrogen) atoms. The van der Waals surface area contributed by atoms with Gasteiger partial charge in [0, 0.05) is 5.56 Å². The average molecular weight is 546 g/mol. The number of nitrogens with two attached hydrogens (primary N) is 1. The molecule has 1 aliphatic heterocycles. The normalized spacial score (nSPS) is 14.9. The van der Waals surface area contributed by atoms with Gasteiger partial charge in [-0.25, -0.2) is 13.6 Å². The molecule has 0 amide bonds. The number of ether oxygens (including phenoxy) is 3. The minimum absolute atomic E-state index is 0.0482. The maximum atomic E-state index is 13.1. The predicted octanol–water partition coefficient (Wildman–Crippen LogP) is 5.36. The number of alkyl halides is 2. The van der Waals surface area contributed by atoms with Crippen LogP contribution in [0.2, 0.25) is 0 Å². The van der Waals surface area contributed by atoms with Crippen LogP contribution in [0.1, 0.15) is 49.1 Å². The number of hydrogen-bond donors (Lipinski definition) is 1. The molecule has 1 atom stereocenters. The summed E-state index contributed by atoms with van der Waals surface area (Å²) in [6.07, 6.45) is -0.198. The minimum Gasteiger partial charge on any atom is -0.480 e. The van der Waals surface area contributed by atoms with Crippen LogP contribution in [0.4, 0.5) is 8.78 Å². The van der Waals surface area contributed by atoms with Gasteiger partial charge in [0.15, 0.2) is 0 Å². The third-order valence-electron chi connectivity index (χ3n) is 6.24. The summed E-state index contributed by atoms with van der Waals surface area (Å²) in [6.45, 7) is 2.68. The second-order valence-electron chi connectivity index (χ2n) is 9.76. The predicted molar refractivity (Wildman–Crippen MR) is 138 cm³/mol. The third kappa shape index (κ3) is 6.14.